The molecule has 0 fully saturated rings. The third-order valence-corrected chi connectivity index (χ3v) is 5.33. The maximum atomic E-state index is 12.8. The van der Waals surface area contributed by atoms with Gasteiger partial charge in [0.1, 0.15) is 5.52 Å². The molecule has 1 aromatic heterocycles. The van der Waals surface area contributed by atoms with Gasteiger partial charge in [-0.2, -0.15) is 4.98 Å². The molecule has 0 aliphatic heterocycles. The van der Waals surface area contributed by atoms with Crippen LogP contribution < -0.4 is 0 Å². The van der Waals surface area contributed by atoms with E-state index in [1.165, 1.54) is 5.56 Å². The molecule has 23 heavy (non-hydrogen) atoms. The van der Waals surface area contributed by atoms with Crippen LogP contribution in [0.4, 0.5) is 6.01 Å². The predicted octanol–water partition coefficient (Wildman–Crippen LogP) is 4.91. The molecule has 0 amide bonds. The van der Waals surface area contributed by atoms with Crippen molar-refractivity contribution in [3.8, 4) is 0 Å². The Morgan fingerprint density at radius 1 is 1.09 bits per heavy atom. The summed E-state index contributed by atoms with van der Waals surface area (Å²) >= 11 is 0. The first-order valence-corrected chi connectivity index (χ1v) is 9.36. The van der Waals surface area contributed by atoms with Gasteiger partial charge in [0.05, 0.1) is 9.73 Å². The SMILES string of the molecule is CC(C)(C)c1ccc2oc(N=S(C)(=O)c3ccccc3)nc2c1. The minimum Gasteiger partial charge on any atom is -0.422 e. The molecule has 1 unspecified atom stereocenters. The van der Waals surface area contributed by atoms with E-state index >= 15 is 0 Å². The Bertz CT molecular complexity index is 960. The standard InChI is InChI=1S/C18H20N2O2S/c1-18(2,3)13-10-11-16-15(12-13)19-17(22-16)20-23(4,21)14-8-6-5-7-9-14/h5-12H,1-4H3. The fourth-order valence-corrected chi connectivity index (χ4v) is 3.44. The summed E-state index contributed by atoms with van der Waals surface area (Å²) in [5.41, 5.74) is 2.59. The summed E-state index contributed by atoms with van der Waals surface area (Å²) in [4.78, 5) is 5.05. The average molecular weight is 328 g/mol. The maximum absolute atomic E-state index is 12.8. The molecule has 0 spiro atoms. The average Bonchev–Trinajstić information content (AvgIpc) is 2.87. The number of nitrogens with zero attached hydrogens (tertiary/aromatic N) is 2. The van der Waals surface area contributed by atoms with Gasteiger partial charge in [-0.15, -0.1) is 4.36 Å². The van der Waals surface area contributed by atoms with E-state index in [0.29, 0.717) is 10.5 Å². The Morgan fingerprint density at radius 3 is 2.43 bits per heavy atom. The summed E-state index contributed by atoms with van der Waals surface area (Å²) in [5, 5.41) is 0. The van der Waals surface area contributed by atoms with Gasteiger partial charge in [-0.1, -0.05) is 45.0 Å². The Hall–Kier alpha value is -2.14. The van der Waals surface area contributed by atoms with Gasteiger partial charge in [-0.3, -0.25) is 0 Å². The van der Waals surface area contributed by atoms with Crippen molar-refractivity contribution in [3.05, 3.63) is 54.1 Å². The topological polar surface area (TPSA) is 55.5 Å². The summed E-state index contributed by atoms with van der Waals surface area (Å²) in [6.07, 6.45) is 1.60. The number of hydrogen-bond donors (Lipinski definition) is 0. The number of benzene rings is 2. The molecule has 0 saturated carbocycles. The zero-order valence-electron chi connectivity index (χ0n) is 13.7. The zero-order chi connectivity index (χ0) is 16.7. The van der Waals surface area contributed by atoms with Crippen molar-refractivity contribution < 1.29 is 8.63 Å². The maximum Gasteiger partial charge on any atom is 0.331 e. The lowest BCUT2D eigenvalue weighted by molar-refractivity contribution is 0.589. The summed E-state index contributed by atoms with van der Waals surface area (Å²) in [6.45, 7) is 6.44. The second-order valence-corrected chi connectivity index (χ2v) is 8.89. The molecule has 1 atom stereocenters. The largest absolute Gasteiger partial charge is 0.422 e. The number of hydrogen-bond acceptors (Lipinski definition) is 4. The molecular formula is C18H20N2O2S. The minimum atomic E-state index is -2.58. The quantitative estimate of drug-likeness (QED) is 0.671. The van der Waals surface area contributed by atoms with Crippen molar-refractivity contribution in [1.82, 2.24) is 4.98 Å². The predicted molar refractivity (Wildman–Crippen MR) is 93.6 cm³/mol. The van der Waals surface area contributed by atoms with Crippen LogP contribution in [-0.2, 0) is 15.1 Å². The Balaban J connectivity index is 2.08. The molecule has 0 aliphatic rings. The van der Waals surface area contributed by atoms with Crippen LogP contribution in [0, 0.1) is 0 Å². The minimum absolute atomic E-state index is 0.0345. The highest BCUT2D eigenvalue weighted by Crippen LogP contribution is 2.29. The zero-order valence-corrected chi connectivity index (χ0v) is 14.6. The second-order valence-electron chi connectivity index (χ2n) is 6.64. The Kier molecular flexibility index (Phi) is 3.76. The van der Waals surface area contributed by atoms with Gasteiger partial charge in [0, 0.05) is 11.2 Å². The van der Waals surface area contributed by atoms with Gasteiger partial charge >= 0.3 is 6.01 Å². The molecule has 0 saturated heterocycles. The van der Waals surface area contributed by atoms with E-state index in [0.717, 1.165) is 5.52 Å². The van der Waals surface area contributed by atoms with Crippen molar-refractivity contribution in [3.63, 3.8) is 0 Å². The number of aromatic nitrogens is 1. The van der Waals surface area contributed by atoms with Crippen molar-refractivity contribution >= 4 is 26.8 Å². The highest BCUT2D eigenvalue weighted by molar-refractivity contribution is 7.93. The first-order chi connectivity index (χ1) is 10.8. The molecule has 0 radical (unpaired) electrons. The van der Waals surface area contributed by atoms with E-state index < -0.39 is 9.73 Å². The fourth-order valence-electron chi connectivity index (χ4n) is 2.30. The fraction of sp³-hybridized carbons (Fsp3) is 0.278. The lowest BCUT2D eigenvalue weighted by Crippen LogP contribution is -2.10. The first kappa shape index (κ1) is 15.7. The van der Waals surface area contributed by atoms with Crippen LogP contribution in [0.1, 0.15) is 26.3 Å². The van der Waals surface area contributed by atoms with E-state index in [-0.39, 0.29) is 11.4 Å². The van der Waals surface area contributed by atoms with E-state index in [2.05, 4.69) is 30.1 Å². The van der Waals surface area contributed by atoms with Crippen molar-refractivity contribution in [2.45, 2.75) is 31.1 Å². The number of rotatable bonds is 2. The van der Waals surface area contributed by atoms with Crippen molar-refractivity contribution in [2.24, 2.45) is 4.36 Å². The monoisotopic (exact) mass is 328 g/mol. The molecule has 3 rings (SSSR count). The molecule has 2 aromatic carbocycles. The van der Waals surface area contributed by atoms with Crippen LogP contribution in [0.25, 0.3) is 11.1 Å². The third kappa shape index (κ3) is 3.29. The second kappa shape index (κ2) is 5.49. The Labute approximate surface area is 136 Å². The Morgan fingerprint density at radius 2 is 1.78 bits per heavy atom. The van der Waals surface area contributed by atoms with Gasteiger partial charge in [0.15, 0.2) is 5.58 Å². The van der Waals surface area contributed by atoms with Gasteiger partial charge in [0.25, 0.3) is 0 Å². The van der Waals surface area contributed by atoms with Crippen LogP contribution in [0.3, 0.4) is 0 Å². The molecule has 5 heteroatoms. The molecule has 4 nitrogen and oxygen atoms in total. The molecule has 0 bridgehead atoms. The molecule has 120 valence electrons. The summed E-state index contributed by atoms with van der Waals surface area (Å²) in [6, 6.07) is 15.2. The van der Waals surface area contributed by atoms with Crippen LogP contribution in [0.2, 0.25) is 0 Å². The summed E-state index contributed by atoms with van der Waals surface area (Å²) < 4.78 is 22.7. The van der Waals surface area contributed by atoms with Gasteiger partial charge < -0.3 is 4.42 Å². The highest BCUT2D eigenvalue weighted by atomic mass is 32.2. The molecule has 3 aromatic rings. The summed E-state index contributed by atoms with van der Waals surface area (Å²) in [7, 11) is -2.58. The van der Waals surface area contributed by atoms with E-state index in [1.54, 1.807) is 18.4 Å². The molecule has 0 N–H and O–H groups in total. The van der Waals surface area contributed by atoms with E-state index in [9.17, 15) is 4.21 Å². The van der Waals surface area contributed by atoms with Crippen LogP contribution >= 0.6 is 0 Å². The van der Waals surface area contributed by atoms with Gasteiger partial charge in [-0.25, -0.2) is 4.21 Å². The third-order valence-electron chi connectivity index (χ3n) is 3.68. The lowest BCUT2D eigenvalue weighted by Gasteiger charge is -2.18. The molecule has 0 aliphatic carbocycles. The number of fused-ring (bicyclic) bond motifs is 1. The van der Waals surface area contributed by atoms with Crippen LogP contribution in [-0.4, -0.2) is 15.4 Å². The highest BCUT2D eigenvalue weighted by Gasteiger charge is 2.16. The normalized spacial score (nSPS) is 14.6. The van der Waals surface area contributed by atoms with Crippen molar-refractivity contribution in [1.29, 1.82) is 0 Å². The van der Waals surface area contributed by atoms with Gasteiger partial charge in [-0.05, 0) is 35.2 Å². The smallest absolute Gasteiger partial charge is 0.331 e. The molecular weight excluding hydrogens is 308 g/mol. The van der Waals surface area contributed by atoms with Crippen LogP contribution in [0.5, 0.6) is 0 Å². The summed E-state index contributed by atoms with van der Waals surface area (Å²) in [5.74, 6) is 0. The van der Waals surface area contributed by atoms with E-state index in [4.69, 9.17) is 4.42 Å². The van der Waals surface area contributed by atoms with E-state index in [1.807, 2.05) is 36.4 Å². The van der Waals surface area contributed by atoms with Gasteiger partial charge in [0.2, 0.25) is 0 Å². The first-order valence-electron chi connectivity index (χ1n) is 7.44. The number of oxazole rings is 1. The van der Waals surface area contributed by atoms with Crippen molar-refractivity contribution in [2.75, 3.05) is 6.26 Å². The lowest BCUT2D eigenvalue weighted by atomic mass is 9.87. The molecule has 1 heterocycles. The van der Waals surface area contributed by atoms with Crippen LogP contribution in [0.15, 0.2) is 62.2 Å².